The molecule has 0 spiro atoms. The molecule has 2 aliphatic rings. The molecule has 26 heavy (non-hydrogen) atoms. The lowest BCUT2D eigenvalue weighted by Gasteiger charge is -2.33. The first-order valence-electron chi connectivity index (χ1n) is 9.27. The third-order valence-corrected chi connectivity index (χ3v) is 5.17. The number of hydrogen-bond acceptors (Lipinski definition) is 4. The predicted octanol–water partition coefficient (Wildman–Crippen LogP) is 0.238. The van der Waals surface area contributed by atoms with Crippen molar-refractivity contribution in [3.05, 3.63) is 29.8 Å². The Bertz CT molecular complexity index is 681. The van der Waals surface area contributed by atoms with Gasteiger partial charge in [-0.25, -0.2) is 9.69 Å². The summed E-state index contributed by atoms with van der Waals surface area (Å²) in [5.74, 6) is -0.289. The van der Waals surface area contributed by atoms with Crippen LogP contribution in [-0.2, 0) is 20.7 Å². The predicted molar refractivity (Wildman–Crippen MR) is 96.0 cm³/mol. The Kier molecular flexibility index (Phi) is 5.56. The number of benzene rings is 1. The number of anilines is 1. The maximum atomic E-state index is 12.9. The van der Waals surface area contributed by atoms with E-state index in [1.807, 2.05) is 24.3 Å². The van der Waals surface area contributed by atoms with E-state index in [1.54, 1.807) is 11.8 Å². The molecular formula is C19H26N3O4+. The first-order valence-corrected chi connectivity index (χ1v) is 9.27. The summed E-state index contributed by atoms with van der Waals surface area (Å²) in [6.07, 6.45) is 0.834. The van der Waals surface area contributed by atoms with Gasteiger partial charge in [-0.05, 0) is 31.0 Å². The van der Waals surface area contributed by atoms with Crippen LogP contribution in [0, 0.1) is 0 Å². The third kappa shape index (κ3) is 3.58. The van der Waals surface area contributed by atoms with E-state index in [0.717, 1.165) is 11.3 Å². The van der Waals surface area contributed by atoms with Gasteiger partial charge in [0.25, 0.3) is 5.91 Å². The topological polar surface area (TPSA) is 71.4 Å². The number of ether oxygens (including phenoxy) is 1. The van der Waals surface area contributed by atoms with Crippen molar-refractivity contribution in [3.63, 3.8) is 0 Å². The van der Waals surface area contributed by atoms with E-state index in [2.05, 4.69) is 6.92 Å². The number of nitrogens with zero attached hydrogens (tertiary/aromatic N) is 2. The molecule has 140 valence electrons. The van der Waals surface area contributed by atoms with Gasteiger partial charge in [0.15, 0.2) is 6.04 Å². The van der Waals surface area contributed by atoms with Crippen LogP contribution in [-0.4, -0.2) is 61.6 Å². The number of imide groups is 1. The highest BCUT2D eigenvalue weighted by Crippen LogP contribution is 2.22. The summed E-state index contributed by atoms with van der Waals surface area (Å²) in [5, 5.41) is 0. The lowest BCUT2D eigenvalue weighted by atomic mass is 10.1. The molecule has 3 rings (SSSR count). The molecule has 0 unspecified atom stereocenters. The van der Waals surface area contributed by atoms with Gasteiger partial charge in [0.05, 0.1) is 44.9 Å². The third-order valence-electron chi connectivity index (χ3n) is 5.17. The number of amides is 3. The molecular weight excluding hydrogens is 334 g/mol. The van der Waals surface area contributed by atoms with E-state index < -0.39 is 0 Å². The van der Waals surface area contributed by atoms with Gasteiger partial charge >= 0.3 is 6.09 Å². The minimum atomic E-state index is -0.363. The zero-order valence-corrected chi connectivity index (χ0v) is 15.4. The van der Waals surface area contributed by atoms with E-state index >= 15 is 0 Å². The average Bonchev–Trinajstić information content (AvgIpc) is 2.96. The van der Waals surface area contributed by atoms with Crippen LogP contribution in [0.4, 0.5) is 10.5 Å². The molecule has 7 nitrogen and oxygen atoms in total. The van der Waals surface area contributed by atoms with Gasteiger partial charge in [-0.15, -0.1) is 0 Å². The maximum absolute atomic E-state index is 12.9. The molecule has 3 amide bonds. The van der Waals surface area contributed by atoms with Crippen molar-refractivity contribution < 1.29 is 24.0 Å². The standard InChI is InChI=1S/C19H25N3O4/c1-3-14-5-7-15(8-6-14)22-17(23)13-16(18(22)24)20-9-11-21(12-10-20)19(25)26-4-2/h5-8,16H,3-4,9-13H2,1-2H3/p+1/t16-/m0/s1. The molecule has 0 radical (unpaired) electrons. The number of carbonyl (C=O) groups excluding carboxylic acids is 3. The summed E-state index contributed by atoms with van der Waals surface area (Å²) < 4.78 is 5.02. The highest BCUT2D eigenvalue weighted by molar-refractivity contribution is 6.21. The smallest absolute Gasteiger partial charge is 0.410 e. The van der Waals surface area contributed by atoms with Gasteiger partial charge in [0.2, 0.25) is 5.91 Å². The summed E-state index contributed by atoms with van der Waals surface area (Å²) in [5.41, 5.74) is 1.81. The van der Waals surface area contributed by atoms with Crippen molar-refractivity contribution in [2.45, 2.75) is 32.7 Å². The Morgan fingerprint density at radius 2 is 1.81 bits per heavy atom. The second-order valence-electron chi connectivity index (χ2n) is 6.69. The van der Waals surface area contributed by atoms with Gasteiger partial charge in [-0.3, -0.25) is 14.5 Å². The number of nitrogens with one attached hydrogen (secondary N) is 1. The molecule has 1 N–H and O–H groups in total. The first kappa shape index (κ1) is 18.4. The fourth-order valence-corrected chi connectivity index (χ4v) is 3.64. The largest absolute Gasteiger partial charge is 0.450 e. The van der Waals surface area contributed by atoms with Crippen molar-refractivity contribution in [3.8, 4) is 0 Å². The molecule has 0 saturated carbocycles. The highest BCUT2D eigenvalue weighted by atomic mass is 16.6. The summed E-state index contributed by atoms with van der Waals surface area (Å²) in [4.78, 5) is 41.2. The quantitative estimate of drug-likeness (QED) is 0.781. The Hall–Kier alpha value is -2.41. The Morgan fingerprint density at radius 3 is 2.38 bits per heavy atom. The monoisotopic (exact) mass is 360 g/mol. The molecule has 1 aromatic rings. The van der Waals surface area contributed by atoms with Crippen molar-refractivity contribution >= 4 is 23.6 Å². The average molecular weight is 360 g/mol. The number of carbonyl (C=O) groups is 3. The molecule has 0 bridgehead atoms. The molecule has 2 aliphatic heterocycles. The normalized spacial score (nSPS) is 21.4. The van der Waals surface area contributed by atoms with Crippen molar-refractivity contribution in [2.75, 3.05) is 37.7 Å². The SMILES string of the molecule is CCOC(=O)N1CC[NH+]([C@H]2CC(=O)N(c3ccc(CC)cc3)C2=O)CC1. The van der Waals surface area contributed by atoms with Gasteiger partial charge in [0, 0.05) is 0 Å². The van der Waals surface area contributed by atoms with Crippen LogP contribution in [0.1, 0.15) is 25.8 Å². The summed E-state index contributed by atoms with van der Waals surface area (Å²) in [7, 11) is 0. The number of hydrogen-bond donors (Lipinski definition) is 1. The summed E-state index contributed by atoms with van der Waals surface area (Å²) in [6.45, 7) is 6.57. The van der Waals surface area contributed by atoms with E-state index in [4.69, 9.17) is 4.74 Å². The molecule has 1 atom stereocenters. The number of aryl methyl sites for hydroxylation is 1. The maximum Gasteiger partial charge on any atom is 0.410 e. The molecule has 2 fully saturated rings. The van der Waals surface area contributed by atoms with E-state index in [9.17, 15) is 14.4 Å². The van der Waals surface area contributed by atoms with Crippen LogP contribution in [0.3, 0.4) is 0 Å². The fourth-order valence-electron chi connectivity index (χ4n) is 3.64. The van der Waals surface area contributed by atoms with E-state index in [-0.39, 0.29) is 30.4 Å². The Labute approximate surface area is 153 Å². The van der Waals surface area contributed by atoms with Crippen LogP contribution >= 0.6 is 0 Å². The summed E-state index contributed by atoms with van der Waals surface area (Å²) in [6, 6.07) is 7.22. The van der Waals surface area contributed by atoms with Crippen LogP contribution in [0.2, 0.25) is 0 Å². The summed E-state index contributed by atoms with van der Waals surface area (Å²) >= 11 is 0. The van der Waals surface area contributed by atoms with Gasteiger partial charge in [-0.2, -0.15) is 0 Å². The highest BCUT2D eigenvalue weighted by Gasteiger charge is 2.46. The second kappa shape index (κ2) is 7.86. The van der Waals surface area contributed by atoms with Crippen molar-refractivity contribution in [1.82, 2.24) is 4.90 Å². The minimum absolute atomic E-state index is 0.140. The molecule has 7 heteroatoms. The number of quaternary nitrogens is 1. The van der Waals surface area contributed by atoms with E-state index in [1.165, 1.54) is 10.5 Å². The molecule has 1 aromatic carbocycles. The minimum Gasteiger partial charge on any atom is -0.450 e. The first-order chi connectivity index (χ1) is 12.5. The van der Waals surface area contributed by atoms with Crippen LogP contribution in [0.25, 0.3) is 0 Å². The Balaban J connectivity index is 1.65. The molecule has 0 aromatic heterocycles. The lowest BCUT2D eigenvalue weighted by molar-refractivity contribution is -0.918. The second-order valence-corrected chi connectivity index (χ2v) is 6.69. The number of piperazine rings is 1. The zero-order chi connectivity index (χ0) is 18.7. The van der Waals surface area contributed by atoms with Crippen molar-refractivity contribution in [1.29, 1.82) is 0 Å². The van der Waals surface area contributed by atoms with Gasteiger partial charge in [-0.1, -0.05) is 19.1 Å². The van der Waals surface area contributed by atoms with Gasteiger partial charge < -0.3 is 9.64 Å². The molecule has 0 aliphatic carbocycles. The van der Waals surface area contributed by atoms with E-state index in [0.29, 0.717) is 38.5 Å². The fraction of sp³-hybridized carbons (Fsp3) is 0.526. The van der Waals surface area contributed by atoms with Crippen LogP contribution in [0.15, 0.2) is 24.3 Å². The molecule has 2 saturated heterocycles. The van der Waals surface area contributed by atoms with Gasteiger partial charge in [0.1, 0.15) is 0 Å². The lowest BCUT2D eigenvalue weighted by Crippen LogP contribution is -3.19. The zero-order valence-electron chi connectivity index (χ0n) is 15.4. The number of rotatable bonds is 4. The van der Waals surface area contributed by atoms with Crippen LogP contribution in [0.5, 0.6) is 0 Å². The van der Waals surface area contributed by atoms with Crippen LogP contribution < -0.4 is 9.80 Å². The Morgan fingerprint density at radius 1 is 1.15 bits per heavy atom. The molecule has 2 heterocycles. The van der Waals surface area contributed by atoms with Crippen molar-refractivity contribution in [2.24, 2.45) is 0 Å².